The van der Waals surface area contributed by atoms with Gasteiger partial charge in [0.25, 0.3) is 0 Å². The topological polar surface area (TPSA) is 30.5 Å². The van der Waals surface area contributed by atoms with Crippen molar-refractivity contribution in [3.63, 3.8) is 0 Å². The first-order valence-corrected chi connectivity index (χ1v) is 5.14. The molecule has 3 nitrogen and oxygen atoms in total. The molecule has 0 heterocycles. The van der Waals surface area contributed by atoms with Crippen molar-refractivity contribution in [2.75, 3.05) is 13.2 Å². The van der Waals surface area contributed by atoms with Gasteiger partial charge in [-0.25, -0.2) is 0 Å². The molecule has 17 heavy (non-hydrogen) atoms. The molecule has 1 aromatic rings. The lowest BCUT2D eigenvalue weighted by atomic mass is 10.2. The lowest BCUT2D eigenvalue weighted by Crippen LogP contribution is -2.24. The van der Waals surface area contributed by atoms with E-state index in [-0.39, 0.29) is 6.54 Å². The van der Waals surface area contributed by atoms with Crippen molar-refractivity contribution in [1.82, 2.24) is 5.48 Å². The molecule has 0 aromatic heterocycles. The molecule has 1 rings (SSSR count). The lowest BCUT2D eigenvalue weighted by molar-refractivity contribution is -0.190. The summed E-state index contributed by atoms with van der Waals surface area (Å²) < 4.78 is 40.5. The monoisotopic (exact) mass is 249 g/mol. The van der Waals surface area contributed by atoms with Crippen LogP contribution in [0.5, 0.6) is 5.75 Å². The molecule has 96 valence electrons. The van der Waals surface area contributed by atoms with Crippen LogP contribution >= 0.6 is 0 Å². The zero-order valence-electron chi connectivity index (χ0n) is 9.38. The number of hydroxylamine groups is 1. The van der Waals surface area contributed by atoms with Crippen LogP contribution in [0.1, 0.15) is 12.5 Å². The molecule has 0 spiro atoms. The molecule has 0 saturated heterocycles. The third-order valence-corrected chi connectivity index (χ3v) is 1.82. The summed E-state index contributed by atoms with van der Waals surface area (Å²) in [5.41, 5.74) is 3.04. The molecule has 0 amide bonds. The van der Waals surface area contributed by atoms with E-state index in [1.165, 1.54) is 0 Å². The minimum atomic E-state index is -4.32. The van der Waals surface area contributed by atoms with Gasteiger partial charge in [0.2, 0.25) is 0 Å². The summed E-state index contributed by atoms with van der Waals surface area (Å²) in [7, 11) is 0. The quantitative estimate of drug-likeness (QED) is 0.621. The Morgan fingerprint density at radius 2 is 2.06 bits per heavy atom. The van der Waals surface area contributed by atoms with Gasteiger partial charge < -0.3 is 4.74 Å². The van der Waals surface area contributed by atoms with Crippen LogP contribution in [0, 0.1) is 0 Å². The highest BCUT2D eigenvalue weighted by molar-refractivity contribution is 5.28. The molecule has 0 aliphatic rings. The summed E-state index contributed by atoms with van der Waals surface area (Å²) in [6.07, 6.45) is -4.32. The summed E-state index contributed by atoms with van der Waals surface area (Å²) in [5.74, 6) is 0.683. The number of halogens is 3. The minimum absolute atomic E-state index is 0.191. The van der Waals surface area contributed by atoms with E-state index in [1.807, 2.05) is 6.92 Å². The van der Waals surface area contributed by atoms with Gasteiger partial charge in [-0.1, -0.05) is 12.1 Å². The van der Waals surface area contributed by atoms with E-state index in [4.69, 9.17) is 4.74 Å². The highest BCUT2D eigenvalue weighted by Crippen LogP contribution is 2.15. The fraction of sp³-hybridized carbons (Fsp3) is 0.455. The Morgan fingerprint density at radius 3 is 2.71 bits per heavy atom. The average Bonchev–Trinajstić information content (AvgIpc) is 2.24. The molecule has 1 N–H and O–H groups in total. The van der Waals surface area contributed by atoms with Gasteiger partial charge in [-0.3, -0.25) is 4.84 Å². The fourth-order valence-corrected chi connectivity index (χ4v) is 1.18. The van der Waals surface area contributed by atoms with E-state index in [2.05, 4.69) is 10.3 Å². The van der Waals surface area contributed by atoms with Gasteiger partial charge in [-0.15, -0.1) is 0 Å². The van der Waals surface area contributed by atoms with Crippen molar-refractivity contribution in [1.29, 1.82) is 0 Å². The molecule has 0 radical (unpaired) electrons. The third kappa shape index (κ3) is 6.13. The van der Waals surface area contributed by atoms with E-state index in [9.17, 15) is 13.2 Å². The maximum atomic E-state index is 11.8. The van der Waals surface area contributed by atoms with Crippen LogP contribution in [-0.4, -0.2) is 19.4 Å². The summed E-state index contributed by atoms with van der Waals surface area (Å²) in [5, 5.41) is 0. The predicted octanol–water partition coefficient (Wildman–Crippen LogP) is 2.67. The van der Waals surface area contributed by atoms with Crippen molar-refractivity contribution < 1.29 is 22.7 Å². The van der Waals surface area contributed by atoms with Crippen LogP contribution in [0.2, 0.25) is 0 Å². The maximum Gasteiger partial charge on any atom is 0.413 e. The lowest BCUT2D eigenvalue weighted by Gasteiger charge is -2.09. The third-order valence-electron chi connectivity index (χ3n) is 1.82. The van der Waals surface area contributed by atoms with Crippen LogP contribution in [0.15, 0.2) is 24.3 Å². The zero-order chi connectivity index (χ0) is 12.7. The molecule has 0 bridgehead atoms. The molecular formula is C11H14F3NO2. The van der Waals surface area contributed by atoms with E-state index in [0.717, 1.165) is 5.56 Å². The molecule has 0 saturated carbocycles. The first-order valence-electron chi connectivity index (χ1n) is 5.14. The van der Waals surface area contributed by atoms with E-state index in [1.54, 1.807) is 24.3 Å². The standard InChI is InChI=1S/C11H14F3NO2/c1-2-16-10-5-3-4-9(6-10)7-15-17-8-11(12,13)14/h3-6,15H,2,7-8H2,1H3. The number of hydrogen-bond acceptors (Lipinski definition) is 3. The second-order valence-electron chi connectivity index (χ2n) is 3.31. The van der Waals surface area contributed by atoms with Gasteiger partial charge >= 0.3 is 6.18 Å². The molecule has 0 aliphatic carbocycles. The largest absolute Gasteiger partial charge is 0.494 e. The number of benzene rings is 1. The molecule has 0 fully saturated rings. The number of alkyl halides is 3. The SMILES string of the molecule is CCOc1cccc(CNOCC(F)(F)F)c1. The van der Waals surface area contributed by atoms with E-state index in [0.29, 0.717) is 12.4 Å². The molecule has 0 aliphatic heterocycles. The minimum Gasteiger partial charge on any atom is -0.494 e. The second kappa shape index (κ2) is 6.46. The summed E-state index contributed by atoms with van der Waals surface area (Å²) >= 11 is 0. The normalized spacial score (nSPS) is 11.5. The highest BCUT2D eigenvalue weighted by atomic mass is 19.4. The van der Waals surface area contributed by atoms with Crippen molar-refractivity contribution >= 4 is 0 Å². The van der Waals surface area contributed by atoms with Gasteiger partial charge in [0.05, 0.1) is 6.61 Å². The van der Waals surface area contributed by atoms with E-state index < -0.39 is 12.8 Å². The molecular weight excluding hydrogens is 235 g/mol. The fourth-order valence-electron chi connectivity index (χ4n) is 1.18. The smallest absolute Gasteiger partial charge is 0.413 e. The highest BCUT2D eigenvalue weighted by Gasteiger charge is 2.27. The van der Waals surface area contributed by atoms with Crippen LogP contribution in [0.3, 0.4) is 0 Å². The van der Waals surface area contributed by atoms with Crippen LogP contribution in [0.25, 0.3) is 0 Å². The summed E-state index contributed by atoms with van der Waals surface area (Å²) in [4.78, 5) is 4.29. The van der Waals surface area contributed by atoms with Crippen molar-refractivity contribution in [2.24, 2.45) is 0 Å². The summed E-state index contributed by atoms with van der Waals surface area (Å²) in [6, 6.07) is 7.06. The van der Waals surface area contributed by atoms with Crippen LogP contribution in [0.4, 0.5) is 13.2 Å². The Morgan fingerprint density at radius 1 is 1.29 bits per heavy atom. The first-order chi connectivity index (χ1) is 8.01. The van der Waals surface area contributed by atoms with Gasteiger partial charge in [-0.05, 0) is 24.6 Å². The number of nitrogens with one attached hydrogen (secondary N) is 1. The van der Waals surface area contributed by atoms with Crippen molar-refractivity contribution in [3.8, 4) is 5.75 Å². The summed E-state index contributed by atoms with van der Waals surface area (Å²) in [6.45, 7) is 1.29. The van der Waals surface area contributed by atoms with Crippen molar-refractivity contribution in [2.45, 2.75) is 19.6 Å². The second-order valence-corrected chi connectivity index (χ2v) is 3.31. The Balaban J connectivity index is 2.34. The number of ether oxygens (including phenoxy) is 1. The Bertz CT molecular complexity index is 342. The Kier molecular flexibility index (Phi) is 5.24. The average molecular weight is 249 g/mol. The number of hydrogen-bond donors (Lipinski definition) is 1. The van der Waals surface area contributed by atoms with Crippen molar-refractivity contribution in [3.05, 3.63) is 29.8 Å². The Labute approximate surface area is 97.5 Å². The molecule has 1 aromatic carbocycles. The van der Waals surface area contributed by atoms with E-state index >= 15 is 0 Å². The van der Waals surface area contributed by atoms with Gasteiger partial charge in [0.15, 0.2) is 6.61 Å². The van der Waals surface area contributed by atoms with Gasteiger partial charge in [0.1, 0.15) is 5.75 Å². The zero-order valence-corrected chi connectivity index (χ0v) is 9.38. The molecule has 6 heteroatoms. The molecule has 0 atom stereocenters. The maximum absolute atomic E-state index is 11.8. The predicted molar refractivity (Wildman–Crippen MR) is 56.5 cm³/mol. The number of rotatable bonds is 6. The first kappa shape index (κ1) is 13.8. The van der Waals surface area contributed by atoms with Crippen LogP contribution < -0.4 is 10.2 Å². The molecule has 0 unspecified atom stereocenters. The Hall–Kier alpha value is -1.27. The van der Waals surface area contributed by atoms with Crippen LogP contribution in [-0.2, 0) is 11.4 Å². The van der Waals surface area contributed by atoms with Gasteiger partial charge in [-0.2, -0.15) is 18.7 Å². The van der Waals surface area contributed by atoms with Gasteiger partial charge in [0, 0.05) is 6.54 Å².